The first-order valence-corrected chi connectivity index (χ1v) is 11.9. The number of hydrogen-bond donors (Lipinski definition) is 1. The molecule has 0 radical (unpaired) electrons. The number of hydrogen-bond acceptors (Lipinski definition) is 4. The fourth-order valence-electron chi connectivity index (χ4n) is 5.01. The first kappa shape index (κ1) is 22.0. The molecule has 1 amide bonds. The molecule has 2 fully saturated rings. The minimum Gasteiger partial charge on any atom is -0.381 e. The maximum absolute atomic E-state index is 13.5. The van der Waals surface area contributed by atoms with Gasteiger partial charge in [-0.2, -0.15) is 13.2 Å². The van der Waals surface area contributed by atoms with Crippen molar-refractivity contribution in [2.24, 2.45) is 0 Å². The van der Waals surface area contributed by atoms with Crippen LogP contribution in [0.5, 0.6) is 0 Å². The number of carbonyl (C=O) groups excluding carboxylic acids is 1. The molecule has 1 aromatic rings. The average molecular weight is 443 g/mol. The second-order valence-electron chi connectivity index (χ2n) is 8.65. The molecule has 3 aliphatic rings. The van der Waals surface area contributed by atoms with E-state index in [2.05, 4.69) is 5.32 Å². The maximum atomic E-state index is 13.5. The molecule has 1 aromatic carbocycles. The summed E-state index contributed by atoms with van der Waals surface area (Å²) < 4.78 is 44.3. The van der Waals surface area contributed by atoms with E-state index < -0.39 is 16.5 Å². The van der Waals surface area contributed by atoms with Gasteiger partial charge < -0.3 is 15.0 Å². The van der Waals surface area contributed by atoms with Crippen LogP contribution in [0.2, 0.25) is 0 Å². The largest absolute Gasteiger partial charge is 0.416 e. The second-order valence-corrected chi connectivity index (χ2v) is 9.84. The molecule has 30 heavy (non-hydrogen) atoms. The van der Waals surface area contributed by atoms with Crippen molar-refractivity contribution in [3.8, 4) is 0 Å². The van der Waals surface area contributed by atoms with Crippen LogP contribution in [0.4, 0.5) is 13.2 Å². The number of amides is 1. The molecule has 2 aliphatic heterocycles. The number of halogens is 3. The molecule has 0 spiro atoms. The van der Waals surface area contributed by atoms with E-state index in [0.29, 0.717) is 30.6 Å². The Morgan fingerprint density at radius 1 is 1.20 bits per heavy atom. The quantitative estimate of drug-likeness (QED) is 0.765. The lowest BCUT2D eigenvalue weighted by atomic mass is 9.95. The van der Waals surface area contributed by atoms with Gasteiger partial charge in [0.15, 0.2) is 0 Å². The number of nitrogens with zero attached hydrogens (tertiary/aromatic N) is 1. The Hall–Kier alpha value is -1.25. The summed E-state index contributed by atoms with van der Waals surface area (Å²) in [5, 5.41) is 3.72. The van der Waals surface area contributed by atoms with Crippen molar-refractivity contribution < 1.29 is 22.7 Å². The Bertz CT molecular complexity index is 782. The monoisotopic (exact) mass is 442 g/mol. The first-order valence-electron chi connectivity index (χ1n) is 10.7. The number of carbonyl (C=O) groups is 1. The Kier molecular flexibility index (Phi) is 6.38. The maximum Gasteiger partial charge on any atom is 0.416 e. The van der Waals surface area contributed by atoms with E-state index in [9.17, 15) is 18.0 Å². The Balaban J connectivity index is 1.44. The molecule has 0 aromatic heterocycles. The molecular weight excluding hydrogens is 413 g/mol. The van der Waals surface area contributed by atoms with E-state index in [-0.39, 0.29) is 12.5 Å². The number of fused-ring (bicyclic) bond motifs is 1. The van der Waals surface area contributed by atoms with E-state index in [1.807, 2.05) is 6.26 Å². The van der Waals surface area contributed by atoms with Crippen molar-refractivity contribution in [3.63, 3.8) is 0 Å². The van der Waals surface area contributed by atoms with Gasteiger partial charge >= 0.3 is 6.18 Å². The highest BCUT2D eigenvalue weighted by Gasteiger charge is 2.47. The molecule has 1 unspecified atom stereocenters. The summed E-state index contributed by atoms with van der Waals surface area (Å²) in [6.45, 7) is 2.39. The normalized spacial score (nSPS) is 27.9. The predicted octanol–water partition coefficient (Wildman–Crippen LogP) is 4.01. The summed E-state index contributed by atoms with van der Waals surface area (Å²) in [7, 11) is 0. The van der Waals surface area contributed by atoms with Gasteiger partial charge in [0.05, 0.1) is 10.3 Å². The smallest absolute Gasteiger partial charge is 0.381 e. The molecular formula is C22H29F3N2O2S. The first-order chi connectivity index (χ1) is 14.3. The Morgan fingerprint density at radius 3 is 2.67 bits per heavy atom. The van der Waals surface area contributed by atoms with Crippen LogP contribution in [0.25, 0.3) is 0 Å². The lowest BCUT2D eigenvalue weighted by Crippen LogP contribution is -2.48. The number of ether oxygens (including phenoxy) is 1. The predicted molar refractivity (Wildman–Crippen MR) is 111 cm³/mol. The minimum absolute atomic E-state index is 0.0781. The van der Waals surface area contributed by atoms with Gasteiger partial charge in [-0.25, -0.2) is 0 Å². The van der Waals surface area contributed by atoms with Crippen LogP contribution >= 0.6 is 11.8 Å². The SMILES string of the molecule is CSC1(C(=O)N2CCc3ccc(C(F)(F)F)cc3C2)CC[C@@H](NC2CCOCC2)C1. The lowest BCUT2D eigenvalue weighted by molar-refractivity contribution is -0.137. The van der Waals surface area contributed by atoms with Crippen molar-refractivity contribution in [2.45, 2.75) is 68.1 Å². The van der Waals surface area contributed by atoms with Gasteiger partial charge in [0.2, 0.25) is 5.91 Å². The van der Waals surface area contributed by atoms with Gasteiger partial charge in [-0.3, -0.25) is 4.79 Å². The van der Waals surface area contributed by atoms with Crippen molar-refractivity contribution in [1.82, 2.24) is 10.2 Å². The van der Waals surface area contributed by atoms with Crippen LogP contribution in [-0.4, -0.2) is 53.7 Å². The van der Waals surface area contributed by atoms with Crippen molar-refractivity contribution >= 4 is 17.7 Å². The van der Waals surface area contributed by atoms with E-state index in [4.69, 9.17) is 4.74 Å². The number of nitrogens with one attached hydrogen (secondary N) is 1. The molecule has 1 N–H and O–H groups in total. The molecule has 2 heterocycles. The van der Waals surface area contributed by atoms with Crippen molar-refractivity contribution in [3.05, 3.63) is 34.9 Å². The van der Waals surface area contributed by atoms with Gasteiger partial charge in [0.25, 0.3) is 0 Å². The molecule has 4 nitrogen and oxygen atoms in total. The highest BCUT2D eigenvalue weighted by atomic mass is 32.2. The van der Waals surface area contributed by atoms with E-state index in [0.717, 1.165) is 56.9 Å². The van der Waals surface area contributed by atoms with Crippen LogP contribution in [-0.2, 0) is 28.7 Å². The molecule has 8 heteroatoms. The molecule has 2 atom stereocenters. The molecule has 0 bridgehead atoms. The van der Waals surface area contributed by atoms with Gasteiger partial charge in [-0.05, 0) is 68.0 Å². The summed E-state index contributed by atoms with van der Waals surface area (Å²) >= 11 is 1.60. The third kappa shape index (κ3) is 4.50. The highest BCUT2D eigenvalue weighted by Crippen LogP contribution is 2.43. The molecule has 166 valence electrons. The summed E-state index contributed by atoms with van der Waals surface area (Å²) in [5.41, 5.74) is 0.892. The zero-order chi connectivity index (χ0) is 21.4. The highest BCUT2D eigenvalue weighted by molar-refractivity contribution is 8.00. The minimum atomic E-state index is -4.36. The third-order valence-corrected chi connectivity index (χ3v) is 8.11. The molecule has 1 saturated heterocycles. The molecule has 1 aliphatic carbocycles. The Morgan fingerprint density at radius 2 is 1.97 bits per heavy atom. The van der Waals surface area contributed by atoms with Crippen LogP contribution in [0, 0.1) is 0 Å². The molecule has 4 rings (SSSR count). The van der Waals surface area contributed by atoms with Gasteiger partial charge in [-0.1, -0.05) is 6.07 Å². The number of benzene rings is 1. The topological polar surface area (TPSA) is 41.6 Å². The number of thioether (sulfide) groups is 1. The second kappa shape index (κ2) is 8.71. The fraction of sp³-hybridized carbons (Fsp3) is 0.682. The Labute approximate surface area is 179 Å². The van der Waals surface area contributed by atoms with E-state index in [1.54, 1.807) is 22.7 Å². The summed E-state index contributed by atoms with van der Waals surface area (Å²) in [6.07, 6.45) is 2.75. The summed E-state index contributed by atoms with van der Waals surface area (Å²) in [4.78, 5) is 15.3. The van der Waals surface area contributed by atoms with Crippen molar-refractivity contribution in [1.29, 1.82) is 0 Å². The lowest BCUT2D eigenvalue weighted by Gasteiger charge is -2.37. The van der Waals surface area contributed by atoms with E-state index >= 15 is 0 Å². The average Bonchev–Trinajstić information content (AvgIpc) is 3.16. The van der Waals surface area contributed by atoms with Crippen LogP contribution in [0.15, 0.2) is 18.2 Å². The fourth-order valence-corrected chi connectivity index (χ4v) is 6.00. The zero-order valence-electron chi connectivity index (χ0n) is 17.3. The third-order valence-electron chi connectivity index (χ3n) is 6.78. The van der Waals surface area contributed by atoms with Crippen LogP contribution < -0.4 is 5.32 Å². The van der Waals surface area contributed by atoms with Crippen LogP contribution in [0.1, 0.15) is 48.8 Å². The summed E-state index contributed by atoms with van der Waals surface area (Å²) in [6, 6.07) is 4.67. The number of alkyl halides is 3. The molecule has 1 saturated carbocycles. The zero-order valence-corrected chi connectivity index (χ0v) is 18.1. The standard InChI is InChI=1S/C22H29F3N2O2S/c1-30-21(8-4-19(13-21)26-18-6-10-29-11-7-18)20(28)27-9-5-15-2-3-17(22(23,24)25)12-16(15)14-27/h2-3,12,18-19,26H,4-11,13-14H2,1H3/t19-,21?/m1/s1. The van der Waals surface area contributed by atoms with Crippen molar-refractivity contribution in [2.75, 3.05) is 26.0 Å². The van der Waals surface area contributed by atoms with Gasteiger partial charge in [0, 0.05) is 38.4 Å². The van der Waals surface area contributed by atoms with Gasteiger partial charge in [0.1, 0.15) is 0 Å². The van der Waals surface area contributed by atoms with Gasteiger partial charge in [-0.15, -0.1) is 11.8 Å². The van der Waals surface area contributed by atoms with E-state index in [1.165, 1.54) is 6.07 Å². The summed E-state index contributed by atoms with van der Waals surface area (Å²) in [5.74, 6) is 0.0781. The number of rotatable bonds is 4. The van der Waals surface area contributed by atoms with Crippen LogP contribution in [0.3, 0.4) is 0 Å².